The van der Waals surface area contributed by atoms with E-state index in [4.69, 9.17) is 10.5 Å². The molecule has 0 spiro atoms. The molecule has 17 heavy (non-hydrogen) atoms. The van der Waals surface area contributed by atoms with Crippen molar-refractivity contribution in [2.45, 2.75) is 31.3 Å². The van der Waals surface area contributed by atoms with Crippen LogP contribution in [0.2, 0.25) is 0 Å². The Bertz CT molecular complexity index is 364. The molecule has 3 rings (SSSR count). The summed E-state index contributed by atoms with van der Waals surface area (Å²) in [5.74, 6) is 0. The normalized spacial score (nSPS) is 27.6. The lowest BCUT2D eigenvalue weighted by Crippen LogP contribution is -2.42. The Morgan fingerprint density at radius 2 is 2.06 bits per heavy atom. The van der Waals surface area contributed by atoms with Gasteiger partial charge in [0, 0.05) is 31.9 Å². The zero-order valence-corrected chi connectivity index (χ0v) is 10.1. The van der Waals surface area contributed by atoms with Gasteiger partial charge < -0.3 is 10.5 Å². The largest absolute Gasteiger partial charge is 0.396 e. The van der Waals surface area contributed by atoms with E-state index in [0.29, 0.717) is 12.1 Å². The van der Waals surface area contributed by atoms with Crippen molar-refractivity contribution in [3.05, 3.63) is 12.4 Å². The van der Waals surface area contributed by atoms with Crippen molar-refractivity contribution in [1.29, 1.82) is 0 Å². The van der Waals surface area contributed by atoms with Gasteiger partial charge in [-0.2, -0.15) is 5.10 Å². The first-order valence-corrected chi connectivity index (χ1v) is 6.44. The molecule has 1 aromatic rings. The van der Waals surface area contributed by atoms with Gasteiger partial charge in [0.15, 0.2) is 0 Å². The number of nitrogens with two attached hydrogens (primary N) is 1. The number of hydrogen-bond acceptors (Lipinski definition) is 4. The van der Waals surface area contributed by atoms with Crippen molar-refractivity contribution in [1.82, 2.24) is 14.7 Å². The molecule has 2 aliphatic heterocycles. The lowest BCUT2D eigenvalue weighted by molar-refractivity contribution is 0.109. The molecule has 5 heteroatoms. The van der Waals surface area contributed by atoms with E-state index in [-0.39, 0.29) is 0 Å². The van der Waals surface area contributed by atoms with Crippen LogP contribution >= 0.6 is 0 Å². The van der Waals surface area contributed by atoms with E-state index in [2.05, 4.69) is 10.00 Å². The Morgan fingerprint density at radius 1 is 1.24 bits per heavy atom. The molecule has 1 atom stereocenters. The van der Waals surface area contributed by atoms with E-state index in [1.165, 1.54) is 6.42 Å². The van der Waals surface area contributed by atoms with Crippen molar-refractivity contribution in [2.75, 3.05) is 32.0 Å². The van der Waals surface area contributed by atoms with Crippen LogP contribution in [0.3, 0.4) is 0 Å². The van der Waals surface area contributed by atoms with E-state index in [9.17, 15) is 0 Å². The monoisotopic (exact) mass is 236 g/mol. The first kappa shape index (κ1) is 11.0. The molecule has 0 bridgehead atoms. The van der Waals surface area contributed by atoms with Gasteiger partial charge >= 0.3 is 0 Å². The van der Waals surface area contributed by atoms with Crippen molar-refractivity contribution in [2.24, 2.45) is 0 Å². The van der Waals surface area contributed by atoms with Gasteiger partial charge in [0.25, 0.3) is 0 Å². The number of nitrogens with zero attached hydrogens (tertiary/aromatic N) is 3. The number of aromatic nitrogens is 2. The van der Waals surface area contributed by atoms with Crippen molar-refractivity contribution in [3.8, 4) is 0 Å². The maximum Gasteiger partial charge on any atom is 0.0719 e. The third kappa shape index (κ3) is 2.30. The maximum atomic E-state index is 5.70. The summed E-state index contributed by atoms with van der Waals surface area (Å²) < 4.78 is 7.47. The third-order valence-electron chi connectivity index (χ3n) is 3.92. The van der Waals surface area contributed by atoms with Crippen molar-refractivity contribution < 1.29 is 4.74 Å². The second-order valence-electron chi connectivity index (χ2n) is 5.04. The summed E-state index contributed by atoms with van der Waals surface area (Å²) in [6.45, 7) is 4.15. The van der Waals surface area contributed by atoms with Crippen LogP contribution in [0.15, 0.2) is 12.4 Å². The smallest absolute Gasteiger partial charge is 0.0719 e. The van der Waals surface area contributed by atoms with Gasteiger partial charge in [-0.25, -0.2) is 0 Å². The zero-order chi connectivity index (χ0) is 11.7. The molecule has 0 aromatic carbocycles. The molecule has 1 aromatic heterocycles. The highest BCUT2D eigenvalue weighted by atomic mass is 16.5. The Hall–Kier alpha value is -1.07. The van der Waals surface area contributed by atoms with Crippen molar-refractivity contribution in [3.63, 3.8) is 0 Å². The molecule has 1 unspecified atom stereocenters. The summed E-state index contributed by atoms with van der Waals surface area (Å²) in [7, 11) is 0. The predicted molar refractivity (Wildman–Crippen MR) is 65.7 cm³/mol. The van der Waals surface area contributed by atoms with Crippen molar-refractivity contribution >= 4 is 5.69 Å². The first-order chi connectivity index (χ1) is 8.33. The molecule has 2 saturated heterocycles. The van der Waals surface area contributed by atoms with Crippen LogP contribution in [0.25, 0.3) is 0 Å². The molecule has 2 N–H and O–H groups in total. The summed E-state index contributed by atoms with van der Waals surface area (Å²) in [6.07, 6.45) is 7.20. The standard InChI is InChI=1S/C12H20N4O/c13-10-7-14-16(8-10)11-1-4-15(5-2-11)12-3-6-17-9-12/h7-8,11-12H,1-6,9,13H2. The average molecular weight is 236 g/mol. The van der Waals surface area contributed by atoms with Gasteiger partial charge in [0.2, 0.25) is 0 Å². The van der Waals surface area contributed by atoms with Crippen LogP contribution in [0, 0.1) is 0 Å². The third-order valence-corrected chi connectivity index (χ3v) is 3.92. The number of rotatable bonds is 2. The van der Waals surface area contributed by atoms with E-state index >= 15 is 0 Å². The molecule has 0 saturated carbocycles. The van der Waals surface area contributed by atoms with Crippen LogP contribution in [0.4, 0.5) is 5.69 Å². The minimum absolute atomic E-state index is 0.519. The molecule has 3 heterocycles. The molecule has 94 valence electrons. The molecule has 5 nitrogen and oxygen atoms in total. The van der Waals surface area contributed by atoms with Gasteiger partial charge in [-0.1, -0.05) is 0 Å². The summed E-state index contributed by atoms with van der Waals surface area (Å²) in [5.41, 5.74) is 6.46. The van der Waals surface area contributed by atoms with Gasteiger partial charge in [0.1, 0.15) is 0 Å². The van der Waals surface area contributed by atoms with Crippen LogP contribution < -0.4 is 5.73 Å². The molecule has 2 aliphatic rings. The fraction of sp³-hybridized carbons (Fsp3) is 0.750. The minimum Gasteiger partial charge on any atom is -0.396 e. The summed E-state index contributed by atoms with van der Waals surface area (Å²) in [6, 6.07) is 1.17. The Balaban J connectivity index is 1.56. The fourth-order valence-corrected chi connectivity index (χ4v) is 2.88. The topological polar surface area (TPSA) is 56.3 Å². The molecule has 2 fully saturated rings. The van der Waals surface area contributed by atoms with Gasteiger partial charge in [-0.3, -0.25) is 9.58 Å². The predicted octanol–water partition coefficient (Wildman–Crippen LogP) is 0.891. The second-order valence-corrected chi connectivity index (χ2v) is 5.04. The lowest BCUT2D eigenvalue weighted by Gasteiger charge is -2.35. The highest BCUT2D eigenvalue weighted by molar-refractivity contribution is 5.30. The number of ether oxygens (including phenoxy) is 1. The number of piperidine rings is 1. The maximum absolute atomic E-state index is 5.70. The Labute approximate surface area is 102 Å². The number of nitrogen functional groups attached to an aromatic ring is 1. The lowest BCUT2D eigenvalue weighted by atomic mass is 10.0. The summed E-state index contributed by atoms with van der Waals surface area (Å²) in [5, 5.41) is 4.31. The van der Waals surface area contributed by atoms with Gasteiger partial charge in [0.05, 0.1) is 24.5 Å². The molecule has 0 amide bonds. The second kappa shape index (κ2) is 4.66. The molecular formula is C12H20N4O. The zero-order valence-electron chi connectivity index (χ0n) is 10.1. The Kier molecular flexibility index (Phi) is 3.03. The highest BCUT2D eigenvalue weighted by Crippen LogP contribution is 2.25. The Morgan fingerprint density at radius 3 is 2.65 bits per heavy atom. The SMILES string of the molecule is Nc1cnn(C2CCN(C3CCOC3)CC2)c1. The fourth-order valence-electron chi connectivity index (χ4n) is 2.88. The quantitative estimate of drug-likeness (QED) is 0.828. The number of hydrogen-bond donors (Lipinski definition) is 1. The minimum atomic E-state index is 0.519. The summed E-state index contributed by atoms with van der Waals surface area (Å²) >= 11 is 0. The van der Waals surface area contributed by atoms with Crippen LogP contribution in [0.1, 0.15) is 25.3 Å². The van der Waals surface area contributed by atoms with E-state index in [1.54, 1.807) is 6.20 Å². The van der Waals surface area contributed by atoms with E-state index in [1.807, 2.05) is 10.9 Å². The van der Waals surface area contributed by atoms with E-state index < -0.39 is 0 Å². The van der Waals surface area contributed by atoms with Gasteiger partial charge in [-0.15, -0.1) is 0 Å². The van der Waals surface area contributed by atoms with Crippen LogP contribution in [-0.4, -0.2) is 47.0 Å². The molecule has 0 aliphatic carbocycles. The molecule has 0 radical (unpaired) electrons. The number of likely N-dealkylation sites (tertiary alicyclic amines) is 1. The number of anilines is 1. The van der Waals surface area contributed by atoms with Crippen LogP contribution in [-0.2, 0) is 4.74 Å². The highest BCUT2D eigenvalue weighted by Gasteiger charge is 2.28. The first-order valence-electron chi connectivity index (χ1n) is 6.44. The van der Waals surface area contributed by atoms with E-state index in [0.717, 1.165) is 44.8 Å². The average Bonchev–Trinajstić information content (AvgIpc) is 3.00. The summed E-state index contributed by atoms with van der Waals surface area (Å²) in [4.78, 5) is 2.57. The van der Waals surface area contributed by atoms with Crippen LogP contribution in [0.5, 0.6) is 0 Å². The van der Waals surface area contributed by atoms with Gasteiger partial charge in [-0.05, 0) is 19.3 Å². The molecular weight excluding hydrogens is 216 g/mol.